The Bertz CT molecular complexity index is 170. The van der Waals surface area contributed by atoms with Crippen molar-refractivity contribution in [2.24, 2.45) is 0 Å². The van der Waals surface area contributed by atoms with Gasteiger partial charge in [-0.2, -0.15) is 11.8 Å². The summed E-state index contributed by atoms with van der Waals surface area (Å²) in [5.74, 6) is 2.65. The van der Waals surface area contributed by atoms with E-state index in [9.17, 15) is 0 Å². The Balaban J connectivity index is 1.92. The van der Waals surface area contributed by atoms with Crippen LogP contribution in [0, 0.1) is 0 Å². The summed E-state index contributed by atoms with van der Waals surface area (Å²) in [6.07, 6.45) is 4.17. The van der Waals surface area contributed by atoms with E-state index in [0.29, 0.717) is 0 Å². The van der Waals surface area contributed by atoms with Crippen molar-refractivity contribution < 1.29 is 0 Å². The van der Waals surface area contributed by atoms with Crippen LogP contribution in [0.5, 0.6) is 0 Å². The van der Waals surface area contributed by atoms with Crippen LogP contribution >= 0.6 is 11.8 Å². The quantitative estimate of drug-likeness (QED) is 0.671. The van der Waals surface area contributed by atoms with E-state index < -0.39 is 0 Å². The van der Waals surface area contributed by atoms with Crippen molar-refractivity contribution >= 4 is 11.8 Å². The van der Waals surface area contributed by atoms with Gasteiger partial charge in [-0.1, -0.05) is 0 Å². The fourth-order valence-corrected chi connectivity index (χ4v) is 3.04. The molecule has 13 heavy (non-hydrogen) atoms. The maximum Gasteiger partial charge on any atom is 0.0244 e. The first-order chi connectivity index (χ1) is 6.29. The van der Waals surface area contributed by atoms with Crippen molar-refractivity contribution in [1.29, 1.82) is 0 Å². The third-order valence-corrected chi connectivity index (χ3v) is 4.13. The Morgan fingerprint density at radius 3 is 2.69 bits per heavy atom. The van der Waals surface area contributed by atoms with Crippen LogP contribution in [0.2, 0.25) is 0 Å². The molecule has 1 unspecified atom stereocenters. The molecule has 0 spiro atoms. The fourth-order valence-electron chi connectivity index (χ4n) is 2.01. The van der Waals surface area contributed by atoms with Gasteiger partial charge in [-0.05, 0) is 31.9 Å². The maximum absolute atomic E-state index is 2.58. The zero-order valence-electron chi connectivity index (χ0n) is 8.70. The smallest absolute Gasteiger partial charge is 0.0244 e. The van der Waals surface area contributed by atoms with Gasteiger partial charge in [0.1, 0.15) is 0 Å². The Labute approximate surface area is 85.6 Å². The van der Waals surface area contributed by atoms with Crippen LogP contribution in [0.3, 0.4) is 0 Å². The first-order valence-corrected chi connectivity index (χ1v) is 6.51. The van der Waals surface area contributed by atoms with Crippen LogP contribution in [-0.2, 0) is 0 Å². The van der Waals surface area contributed by atoms with E-state index in [4.69, 9.17) is 0 Å². The molecule has 2 aliphatic rings. The molecule has 3 heteroatoms. The van der Waals surface area contributed by atoms with E-state index in [-0.39, 0.29) is 0 Å². The lowest BCUT2D eigenvalue weighted by atomic mass is 10.2. The summed E-state index contributed by atoms with van der Waals surface area (Å²) in [4.78, 5) is 0. The molecule has 0 amide bonds. The lowest BCUT2D eigenvalue weighted by Gasteiger charge is -2.35. The van der Waals surface area contributed by atoms with Crippen LogP contribution in [0.1, 0.15) is 26.2 Å². The molecule has 0 N–H and O–H groups in total. The van der Waals surface area contributed by atoms with Gasteiger partial charge in [0, 0.05) is 31.4 Å². The second-order valence-electron chi connectivity index (χ2n) is 4.22. The molecule has 0 aromatic carbocycles. The van der Waals surface area contributed by atoms with E-state index in [1.807, 2.05) is 0 Å². The number of rotatable bonds is 2. The largest absolute Gasteiger partial charge is 0.242 e. The van der Waals surface area contributed by atoms with Crippen LogP contribution in [0.4, 0.5) is 0 Å². The minimum absolute atomic E-state index is 0.751. The normalized spacial score (nSPS) is 32.1. The third kappa shape index (κ3) is 2.39. The minimum Gasteiger partial charge on any atom is -0.242 e. The Hall–Kier alpha value is 0.270. The van der Waals surface area contributed by atoms with Gasteiger partial charge >= 0.3 is 0 Å². The van der Waals surface area contributed by atoms with Crippen molar-refractivity contribution in [3.63, 3.8) is 0 Å². The number of hydrogen-bond donors (Lipinski definition) is 0. The van der Waals surface area contributed by atoms with Gasteiger partial charge in [0.2, 0.25) is 0 Å². The topological polar surface area (TPSA) is 6.48 Å². The minimum atomic E-state index is 0.751. The molecule has 1 aliphatic carbocycles. The lowest BCUT2D eigenvalue weighted by Crippen LogP contribution is -2.47. The van der Waals surface area contributed by atoms with Crippen LogP contribution in [0.15, 0.2) is 0 Å². The number of hydrazine groups is 1. The van der Waals surface area contributed by atoms with E-state index in [0.717, 1.165) is 12.1 Å². The van der Waals surface area contributed by atoms with Crippen molar-refractivity contribution in [3.05, 3.63) is 0 Å². The second-order valence-corrected chi connectivity index (χ2v) is 5.44. The number of thioether (sulfide) groups is 1. The van der Waals surface area contributed by atoms with Gasteiger partial charge in [-0.3, -0.25) is 0 Å². The molecule has 1 saturated carbocycles. The molecule has 2 fully saturated rings. The van der Waals surface area contributed by atoms with Gasteiger partial charge in [0.05, 0.1) is 0 Å². The molecular formula is C10H20N2S. The summed E-state index contributed by atoms with van der Waals surface area (Å²) < 4.78 is 0. The van der Waals surface area contributed by atoms with E-state index >= 15 is 0 Å². The summed E-state index contributed by atoms with van der Waals surface area (Å²) in [5.41, 5.74) is 0. The fraction of sp³-hybridized carbons (Fsp3) is 1.00. The highest BCUT2D eigenvalue weighted by molar-refractivity contribution is 7.99. The van der Waals surface area contributed by atoms with E-state index in [1.165, 1.54) is 37.3 Å². The van der Waals surface area contributed by atoms with Crippen LogP contribution in [-0.4, -0.2) is 47.2 Å². The predicted molar refractivity (Wildman–Crippen MR) is 58.9 cm³/mol. The monoisotopic (exact) mass is 200 g/mol. The van der Waals surface area contributed by atoms with Crippen molar-refractivity contribution in [1.82, 2.24) is 10.0 Å². The van der Waals surface area contributed by atoms with Gasteiger partial charge in [0.25, 0.3) is 0 Å². The third-order valence-electron chi connectivity index (χ3n) is 3.13. The first-order valence-electron chi connectivity index (χ1n) is 5.36. The molecule has 0 aromatic rings. The molecule has 1 saturated heterocycles. The van der Waals surface area contributed by atoms with E-state index in [1.54, 1.807) is 0 Å². The average molecular weight is 200 g/mol. The second kappa shape index (κ2) is 4.20. The SMILES string of the molecule is CC1CCSCCN1N(C)C1CC1. The molecule has 2 nitrogen and oxygen atoms in total. The summed E-state index contributed by atoms with van der Waals surface area (Å²) in [5, 5.41) is 5.08. The van der Waals surface area contributed by atoms with Gasteiger partial charge < -0.3 is 0 Å². The summed E-state index contributed by atoms with van der Waals surface area (Å²) in [6, 6.07) is 1.62. The van der Waals surface area contributed by atoms with Gasteiger partial charge in [0.15, 0.2) is 0 Å². The average Bonchev–Trinajstić information content (AvgIpc) is 2.89. The molecule has 0 bridgehead atoms. The highest BCUT2D eigenvalue weighted by Crippen LogP contribution is 2.29. The molecular weight excluding hydrogens is 180 g/mol. The van der Waals surface area contributed by atoms with Crippen LogP contribution in [0.25, 0.3) is 0 Å². The molecule has 1 heterocycles. The molecule has 76 valence electrons. The highest BCUT2D eigenvalue weighted by atomic mass is 32.2. The molecule has 1 aliphatic heterocycles. The maximum atomic E-state index is 2.58. The van der Waals surface area contributed by atoms with Gasteiger partial charge in [-0.25, -0.2) is 10.0 Å². The standard InChI is InChI=1S/C10H20N2S/c1-9-5-7-13-8-6-12(9)11(2)10-3-4-10/h9-10H,3-8H2,1-2H3. The predicted octanol–water partition coefficient (Wildman–Crippen LogP) is 1.82. The summed E-state index contributed by atoms with van der Waals surface area (Å²) >= 11 is 2.10. The molecule has 0 aromatic heterocycles. The van der Waals surface area contributed by atoms with Crippen molar-refractivity contribution in [2.75, 3.05) is 25.1 Å². The Morgan fingerprint density at radius 2 is 2.00 bits per heavy atom. The summed E-state index contributed by atoms with van der Waals surface area (Å²) in [7, 11) is 2.27. The van der Waals surface area contributed by atoms with Crippen molar-refractivity contribution in [2.45, 2.75) is 38.3 Å². The zero-order chi connectivity index (χ0) is 9.26. The Morgan fingerprint density at radius 1 is 1.23 bits per heavy atom. The number of nitrogens with zero attached hydrogens (tertiary/aromatic N) is 2. The summed E-state index contributed by atoms with van der Waals surface area (Å²) in [6.45, 7) is 3.61. The zero-order valence-corrected chi connectivity index (χ0v) is 9.52. The van der Waals surface area contributed by atoms with Crippen molar-refractivity contribution in [3.8, 4) is 0 Å². The molecule has 1 atom stereocenters. The lowest BCUT2D eigenvalue weighted by molar-refractivity contribution is -0.0351. The van der Waals surface area contributed by atoms with Crippen LogP contribution < -0.4 is 0 Å². The number of hydrogen-bond acceptors (Lipinski definition) is 3. The molecule has 0 radical (unpaired) electrons. The van der Waals surface area contributed by atoms with E-state index in [2.05, 4.69) is 35.8 Å². The molecule has 2 rings (SSSR count). The van der Waals surface area contributed by atoms with Gasteiger partial charge in [-0.15, -0.1) is 0 Å². The highest BCUT2D eigenvalue weighted by Gasteiger charge is 2.32. The first kappa shape index (κ1) is 9.81. The Kier molecular flexibility index (Phi) is 3.17.